The molecule has 24 heavy (non-hydrogen) atoms. The molecule has 0 aliphatic rings. The van der Waals surface area contributed by atoms with Gasteiger partial charge in [-0.1, -0.05) is 74.5 Å². The fourth-order valence-electron chi connectivity index (χ4n) is 2.77. The molecule has 2 rings (SSSR count). The van der Waals surface area contributed by atoms with Crippen molar-refractivity contribution in [3.05, 3.63) is 71.8 Å². The van der Waals surface area contributed by atoms with Gasteiger partial charge in [0.1, 0.15) is 0 Å². The van der Waals surface area contributed by atoms with Gasteiger partial charge in [0.25, 0.3) is 0 Å². The lowest BCUT2D eigenvalue weighted by atomic mass is 9.88. The number of benzene rings is 2. The molecule has 0 saturated carbocycles. The summed E-state index contributed by atoms with van der Waals surface area (Å²) in [7, 11) is 1.86. The number of carbonyl (C=O) groups excluding carboxylic acids is 1. The molecule has 0 atom stereocenters. The highest BCUT2D eigenvalue weighted by Gasteiger charge is 2.28. The number of nitrogens with two attached hydrogens (primary N) is 1. The molecule has 3 nitrogen and oxygen atoms in total. The Balaban J connectivity index is 0.00000288. The summed E-state index contributed by atoms with van der Waals surface area (Å²) < 4.78 is 0. The first kappa shape index (κ1) is 20.2. The second-order valence-corrected chi connectivity index (χ2v) is 6.82. The summed E-state index contributed by atoms with van der Waals surface area (Å²) in [5.41, 5.74) is 7.75. The number of likely N-dealkylation sites (N-methyl/N-ethyl adjacent to an activating group) is 1. The number of hydrogen-bond acceptors (Lipinski definition) is 2. The van der Waals surface area contributed by atoms with Crippen molar-refractivity contribution in [1.82, 2.24) is 4.90 Å². The van der Waals surface area contributed by atoms with Gasteiger partial charge in [0.2, 0.25) is 5.91 Å². The van der Waals surface area contributed by atoms with Crippen LogP contribution in [0.2, 0.25) is 0 Å². The molecule has 0 radical (unpaired) electrons. The zero-order valence-electron chi connectivity index (χ0n) is 14.6. The van der Waals surface area contributed by atoms with Gasteiger partial charge in [0, 0.05) is 13.6 Å². The van der Waals surface area contributed by atoms with Crippen LogP contribution in [-0.4, -0.2) is 30.9 Å². The van der Waals surface area contributed by atoms with Gasteiger partial charge in [0.05, 0.1) is 5.92 Å². The van der Waals surface area contributed by atoms with Crippen molar-refractivity contribution < 1.29 is 4.79 Å². The Morgan fingerprint density at radius 2 is 1.42 bits per heavy atom. The topological polar surface area (TPSA) is 46.3 Å². The average molecular weight is 347 g/mol. The summed E-state index contributed by atoms with van der Waals surface area (Å²) >= 11 is 0. The van der Waals surface area contributed by atoms with E-state index in [0.29, 0.717) is 13.1 Å². The van der Waals surface area contributed by atoms with Crippen LogP contribution in [0.3, 0.4) is 0 Å². The molecule has 1 amide bonds. The quantitative estimate of drug-likeness (QED) is 0.867. The highest BCUT2D eigenvalue weighted by molar-refractivity contribution is 5.87. The van der Waals surface area contributed by atoms with E-state index in [-0.39, 0.29) is 29.6 Å². The normalized spacial score (nSPS) is 11.0. The zero-order chi connectivity index (χ0) is 16.9. The number of nitrogens with zero attached hydrogens (tertiary/aromatic N) is 1. The molecule has 2 aromatic carbocycles. The molecule has 130 valence electrons. The molecule has 4 heteroatoms. The molecule has 2 aromatic rings. The molecule has 0 bridgehead atoms. The minimum absolute atomic E-state index is 0. The van der Waals surface area contributed by atoms with Gasteiger partial charge in [-0.2, -0.15) is 0 Å². The molecule has 0 fully saturated rings. The standard InChI is InChI=1S/C20H26N2O.ClH/c1-20(2,14-21)15-22(3)19(23)18(16-10-6-4-7-11-16)17-12-8-5-9-13-17;/h4-13,18H,14-15,21H2,1-3H3;1H. The maximum absolute atomic E-state index is 13.1. The number of rotatable bonds is 6. The fourth-order valence-corrected chi connectivity index (χ4v) is 2.77. The summed E-state index contributed by atoms with van der Waals surface area (Å²) in [6.07, 6.45) is 0. The highest BCUT2D eigenvalue weighted by atomic mass is 35.5. The smallest absolute Gasteiger partial charge is 0.234 e. The van der Waals surface area contributed by atoms with Crippen molar-refractivity contribution in [2.75, 3.05) is 20.1 Å². The Bertz CT molecular complexity index is 589. The van der Waals surface area contributed by atoms with Crippen molar-refractivity contribution >= 4 is 18.3 Å². The lowest BCUT2D eigenvalue weighted by Gasteiger charge is -2.31. The van der Waals surface area contributed by atoms with Crippen LogP contribution >= 0.6 is 12.4 Å². The summed E-state index contributed by atoms with van der Waals surface area (Å²) in [6, 6.07) is 19.9. The van der Waals surface area contributed by atoms with Crippen molar-refractivity contribution in [1.29, 1.82) is 0 Å². The molecule has 2 N–H and O–H groups in total. The minimum atomic E-state index is -0.282. The van der Waals surface area contributed by atoms with Crippen LogP contribution in [0.15, 0.2) is 60.7 Å². The van der Waals surface area contributed by atoms with Crippen LogP contribution in [0.5, 0.6) is 0 Å². The summed E-state index contributed by atoms with van der Waals surface area (Å²) in [4.78, 5) is 14.9. The monoisotopic (exact) mass is 346 g/mol. The van der Waals surface area contributed by atoms with Crippen LogP contribution in [0.25, 0.3) is 0 Å². The van der Waals surface area contributed by atoms with E-state index in [4.69, 9.17) is 5.73 Å². The Morgan fingerprint density at radius 3 is 1.79 bits per heavy atom. The Labute approximate surface area is 151 Å². The second-order valence-electron chi connectivity index (χ2n) is 6.82. The highest BCUT2D eigenvalue weighted by Crippen LogP contribution is 2.27. The van der Waals surface area contributed by atoms with E-state index >= 15 is 0 Å². The molecule has 0 aliphatic heterocycles. The fraction of sp³-hybridized carbons (Fsp3) is 0.350. The van der Waals surface area contributed by atoms with Crippen LogP contribution in [-0.2, 0) is 4.79 Å². The minimum Gasteiger partial charge on any atom is -0.344 e. The Hall–Kier alpha value is -1.84. The number of hydrogen-bond donors (Lipinski definition) is 1. The number of halogens is 1. The Morgan fingerprint density at radius 1 is 1.00 bits per heavy atom. The van der Waals surface area contributed by atoms with Gasteiger partial charge in [-0.25, -0.2) is 0 Å². The third kappa shape index (κ3) is 5.08. The van der Waals surface area contributed by atoms with E-state index in [9.17, 15) is 4.79 Å². The van der Waals surface area contributed by atoms with Crippen molar-refractivity contribution in [2.24, 2.45) is 11.1 Å². The largest absolute Gasteiger partial charge is 0.344 e. The molecule has 0 unspecified atom stereocenters. The lowest BCUT2D eigenvalue weighted by Crippen LogP contribution is -2.41. The van der Waals surface area contributed by atoms with Crippen LogP contribution in [0.1, 0.15) is 30.9 Å². The lowest BCUT2D eigenvalue weighted by molar-refractivity contribution is -0.131. The third-order valence-corrected chi connectivity index (χ3v) is 4.11. The van der Waals surface area contributed by atoms with E-state index in [1.807, 2.05) is 67.7 Å². The van der Waals surface area contributed by atoms with Crippen LogP contribution < -0.4 is 5.73 Å². The van der Waals surface area contributed by atoms with Crippen LogP contribution in [0.4, 0.5) is 0 Å². The summed E-state index contributed by atoms with van der Waals surface area (Å²) in [5, 5.41) is 0. The van der Waals surface area contributed by atoms with E-state index in [0.717, 1.165) is 11.1 Å². The SMILES string of the molecule is CN(CC(C)(C)CN)C(=O)C(c1ccccc1)c1ccccc1.Cl. The molecular weight excluding hydrogens is 320 g/mol. The predicted octanol–water partition coefficient (Wildman–Crippen LogP) is 3.68. The first-order valence-corrected chi connectivity index (χ1v) is 7.99. The number of carbonyl (C=O) groups is 1. The van der Waals surface area contributed by atoms with E-state index in [1.165, 1.54) is 0 Å². The van der Waals surface area contributed by atoms with Crippen molar-refractivity contribution in [3.63, 3.8) is 0 Å². The molecule has 0 heterocycles. The Kier molecular flexibility index (Phi) is 7.46. The van der Waals surface area contributed by atoms with Crippen molar-refractivity contribution in [2.45, 2.75) is 19.8 Å². The summed E-state index contributed by atoms with van der Waals surface area (Å²) in [5.74, 6) is -0.181. The van der Waals surface area contributed by atoms with Gasteiger partial charge in [-0.05, 0) is 23.1 Å². The van der Waals surface area contributed by atoms with Crippen molar-refractivity contribution in [3.8, 4) is 0 Å². The molecular formula is C20H27ClN2O. The third-order valence-electron chi connectivity index (χ3n) is 4.11. The van der Waals surface area contributed by atoms with Gasteiger partial charge in [0.15, 0.2) is 0 Å². The maximum atomic E-state index is 13.1. The van der Waals surface area contributed by atoms with Gasteiger partial charge < -0.3 is 10.6 Å². The zero-order valence-corrected chi connectivity index (χ0v) is 15.4. The average Bonchev–Trinajstić information content (AvgIpc) is 2.56. The first-order valence-electron chi connectivity index (χ1n) is 7.99. The van der Waals surface area contributed by atoms with Gasteiger partial charge in [-0.3, -0.25) is 4.79 Å². The molecule has 0 saturated heterocycles. The van der Waals surface area contributed by atoms with E-state index in [1.54, 1.807) is 4.90 Å². The maximum Gasteiger partial charge on any atom is 0.234 e. The van der Waals surface area contributed by atoms with Gasteiger partial charge in [-0.15, -0.1) is 12.4 Å². The molecule has 0 aliphatic carbocycles. The predicted molar refractivity (Wildman–Crippen MR) is 102 cm³/mol. The molecule has 0 spiro atoms. The summed E-state index contributed by atoms with van der Waals surface area (Å²) in [6.45, 7) is 5.35. The molecule has 0 aromatic heterocycles. The van der Waals surface area contributed by atoms with E-state index < -0.39 is 0 Å². The van der Waals surface area contributed by atoms with Crippen LogP contribution in [0, 0.1) is 5.41 Å². The van der Waals surface area contributed by atoms with Gasteiger partial charge >= 0.3 is 0 Å². The number of amides is 1. The first-order chi connectivity index (χ1) is 10.9. The van der Waals surface area contributed by atoms with E-state index in [2.05, 4.69) is 13.8 Å². The second kappa shape index (κ2) is 8.86.